The molecule has 7 nitrogen and oxygen atoms in total. The molecular formula is C19H24ClN3O4S. The molecule has 0 saturated carbocycles. The van der Waals surface area contributed by atoms with Crippen LogP contribution in [0.25, 0.3) is 0 Å². The molecule has 0 aliphatic carbocycles. The molecule has 0 heterocycles. The quantitative estimate of drug-likeness (QED) is 0.492. The first-order chi connectivity index (χ1) is 12.9. The molecule has 5 N–H and O–H groups in total. The van der Waals surface area contributed by atoms with Crippen LogP contribution in [0, 0.1) is 0 Å². The summed E-state index contributed by atoms with van der Waals surface area (Å²) in [6, 6.07) is 14.1. The van der Waals surface area contributed by atoms with Crippen molar-refractivity contribution in [3.05, 3.63) is 70.8 Å². The van der Waals surface area contributed by atoms with E-state index in [9.17, 15) is 9.59 Å². The Morgan fingerprint density at radius 3 is 1.61 bits per heavy atom. The van der Waals surface area contributed by atoms with Crippen molar-refractivity contribution in [2.24, 2.45) is 11.5 Å². The number of ether oxygens (including phenoxy) is 2. The van der Waals surface area contributed by atoms with Crippen molar-refractivity contribution in [3.8, 4) is 0 Å². The number of carbonyl (C=O) groups excluding carboxylic acids is 2. The molecule has 0 saturated heterocycles. The van der Waals surface area contributed by atoms with Gasteiger partial charge in [0.05, 0.1) is 25.3 Å². The van der Waals surface area contributed by atoms with Crippen LogP contribution in [0.3, 0.4) is 0 Å². The number of nitrogens with one attached hydrogen (secondary N) is 1. The fraction of sp³-hybridized carbons (Fsp3) is 0.211. The van der Waals surface area contributed by atoms with Crippen LogP contribution in [0.1, 0.15) is 31.8 Å². The van der Waals surface area contributed by atoms with E-state index in [-0.39, 0.29) is 29.5 Å². The minimum absolute atomic E-state index is 0. The lowest BCUT2D eigenvalue weighted by atomic mass is 10.1. The highest BCUT2D eigenvalue weighted by Crippen LogP contribution is 2.05. The Morgan fingerprint density at radius 1 is 0.893 bits per heavy atom. The normalized spacial score (nSPS) is 9.11. The average molecular weight is 426 g/mol. The predicted octanol–water partition coefficient (Wildman–Crippen LogP) is 2.16. The molecule has 28 heavy (non-hydrogen) atoms. The van der Waals surface area contributed by atoms with E-state index in [0.29, 0.717) is 24.2 Å². The molecule has 0 spiro atoms. The summed E-state index contributed by atoms with van der Waals surface area (Å²) in [7, 11) is 2.71. The number of halogens is 1. The zero-order chi connectivity index (χ0) is 20.2. The number of carbonyl (C=O) groups is 2. The number of hydrogen-bond acceptors (Lipinski definition) is 6. The molecule has 152 valence electrons. The van der Waals surface area contributed by atoms with Crippen LogP contribution in [0.5, 0.6) is 0 Å². The standard InChI is InChI=1S/C10H12N2O2S.C9H11NO2.ClH/c1-14-9(13)8-4-2-7(3-5-8)6-12-10(11)15;1-12-9(11)8-4-2-7(6-10)3-5-8;/h2-5H,6H2,1H3,(H3,11,12,15);2-5H,6,10H2,1H3;1H. The molecule has 0 fully saturated rings. The maximum Gasteiger partial charge on any atom is 0.337 e. The van der Waals surface area contributed by atoms with E-state index in [1.54, 1.807) is 24.3 Å². The Kier molecular flexibility index (Phi) is 12.2. The van der Waals surface area contributed by atoms with Crippen LogP contribution >= 0.6 is 24.6 Å². The molecule has 2 rings (SSSR count). The van der Waals surface area contributed by atoms with Crippen molar-refractivity contribution in [2.75, 3.05) is 14.2 Å². The fourth-order valence-corrected chi connectivity index (χ4v) is 2.03. The van der Waals surface area contributed by atoms with Crippen molar-refractivity contribution < 1.29 is 19.1 Å². The van der Waals surface area contributed by atoms with Crippen LogP contribution in [-0.2, 0) is 22.6 Å². The first-order valence-electron chi connectivity index (χ1n) is 7.99. The summed E-state index contributed by atoms with van der Waals surface area (Å²) in [6.45, 7) is 1.04. The summed E-state index contributed by atoms with van der Waals surface area (Å²) in [5.74, 6) is -0.664. The molecule has 0 aliphatic rings. The minimum Gasteiger partial charge on any atom is -0.465 e. The van der Waals surface area contributed by atoms with Crippen LogP contribution in [-0.4, -0.2) is 31.3 Å². The smallest absolute Gasteiger partial charge is 0.337 e. The number of methoxy groups -OCH3 is 2. The molecule has 0 aliphatic heterocycles. The van der Waals surface area contributed by atoms with Gasteiger partial charge < -0.3 is 26.3 Å². The van der Waals surface area contributed by atoms with Crippen molar-refractivity contribution in [1.29, 1.82) is 0 Å². The van der Waals surface area contributed by atoms with Crippen molar-refractivity contribution in [2.45, 2.75) is 13.1 Å². The molecule has 0 radical (unpaired) electrons. The Labute approximate surface area is 175 Å². The lowest BCUT2D eigenvalue weighted by Gasteiger charge is -2.04. The first kappa shape index (κ1) is 25.3. The molecule has 2 aromatic rings. The molecule has 0 amide bonds. The summed E-state index contributed by atoms with van der Waals surface area (Å²) in [5, 5.41) is 3.07. The lowest BCUT2D eigenvalue weighted by molar-refractivity contribution is 0.0592. The largest absolute Gasteiger partial charge is 0.465 e. The van der Waals surface area contributed by atoms with E-state index in [2.05, 4.69) is 27.0 Å². The zero-order valence-electron chi connectivity index (χ0n) is 15.6. The fourth-order valence-electron chi connectivity index (χ4n) is 1.96. The van der Waals surface area contributed by atoms with Gasteiger partial charge in [-0.1, -0.05) is 24.3 Å². The van der Waals surface area contributed by atoms with Gasteiger partial charge in [0.2, 0.25) is 0 Å². The number of esters is 2. The highest BCUT2D eigenvalue weighted by molar-refractivity contribution is 7.80. The topological polar surface area (TPSA) is 117 Å². The Hall–Kier alpha value is -2.68. The van der Waals surface area contributed by atoms with Gasteiger partial charge in [0.15, 0.2) is 5.11 Å². The third-order valence-corrected chi connectivity index (χ3v) is 3.60. The average Bonchev–Trinajstić information content (AvgIpc) is 2.72. The van der Waals surface area contributed by atoms with Gasteiger partial charge in [-0.2, -0.15) is 0 Å². The Morgan fingerprint density at radius 2 is 1.29 bits per heavy atom. The van der Waals surface area contributed by atoms with Crippen LogP contribution < -0.4 is 16.8 Å². The maximum absolute atomic E-state index is 11.1. The van der Waals surface area contributed by atoms with Gasteiger partial charge in [0.25, 0.3) is 0 Å². The molecule has 0 atom stereocenters. The van der Waals surface area contributed by atoms with Gasteiger partial charge in [0.1, 0.15) is 0 Å². The summed E-state index contributed by atoms with van der Waals surface area (Å²) in [5.41, 5.74) is 13.8. The summed E-state index contributed by atoms with van der Waals surface area (Å²) < 4.78 is 9.12. The molecule has 0 bridgehead atoms. The summed E-state index contributed by atoms with van der Waals surface area (Å²) in [4.78, 5) is 22.1. The molecule has 9 heteroatoms. The van der Waals surface area contributed by atoms with E-state index in [4.69, 9.17) is 11.5 Å². The monoisotopic (exact) mass is 425 g/mol. The van der Waals surface area contributed by atoms with Crippen molar-refractivity contribution >= 4 is 41.7 Å². The van der Waals surface area contributed by atoms with Crippen LogP contribution in [0.2, 0.25) is 0 Å². The SMILES string of the molecule is COC(=O)c1ccc(CN)cc1.COC(=O)c1ccc(CNC(N)=S)cc1.Cl. The van der Waals surface area contributed by atoms with E-state index in [0.717, 1.165) is 11.1 Å². The van der Waals surface area contributed by atoms with Crippen molar-refractivity contribution in [3.63, 3.8) is 0 Å². The molecular weight excluding hydrogens is 402 g/mol. The highest BCUT2D eigenvalue weighted by Gasteiger charge is 2.04. The number of thiocarbonyl (C=S) groups is 1. The molecule has 2 aromatic carbocycles. The Balaban J connectivity index is 0.000000514. The van der Waals surface area contributed by atoms with Gasteiger partial charge in [-0.3, -0.25) is 0 Å². The van der Waals surface area contributed by atoms with Gasteiger partial charge in [0, 0.05) is 13.1 Å². The number of nitrogens with two attached hydrogens (primary N) is 2. The van der Waals surface area contributed by atoms with E-state index < -0.39 is 0 Å². The second-order valence-corrected chi connectivity index (χ2v) is 5.74. The second-order valence-electron chi connectivity index (χ2n) is 5.30. The predicted molar refractivity (Wildman–Crippen MR) is 114 cm³/mol. The van der Waals surface area contributed by atoms with Gasteiger partial charge in [-0.05, 0) is 47.6 Å². The second kappa shape index (κ2) is 13.5. The number of hydrogen-bond donors (Lipinski definition) is 3. The number of rotatable bonds is 5. The van der Waals surface area contributed by atoms with Gasteiger partial charge in [-0.15, -0.1) is 12.4 Å². The van der Waals surface area contributed by atoms with E-state index >= 15 is 0 Å². The van der Waals surface area contributed by atoms with E-state index in [1.165, 1.54) is 14.2 Å². The minimum atomic E-state index is -0.344. The maximum atomic E-state index is 11.1. The third kappa shape index (κ3) is 8.81. The molecule has 0 aromatic heterocycles. The first-order valence-corrected chi connectivity index (χ1v) is 8.40. The molecule has 0 unspecified atom stereocenters. The van der Waals surface area contributed by atoms with Gasteiger partial charge >= 0.3 is 11.9 Å². The highest BCUT2D eigenvalue weighted by atomic mass is 35.5. The third-order valence-electron chi connectivity index (χ3n) is 3.45. The van der Waals surface area contributed by atoms with Gasteiger partial charge in [-0.25, -0.2) is 9.59 Å². The summed E-state index contributed by atoms with van der Waals surface area (Å²) in [6.07, 6.45) is 0. The van der Waals surface area contributed by atoms with E-state index in [1.807, 2.05) is 24.3 Å². The number of benzene rings is 2. The summed E-state index contributed by atoms with van der Waals surface area (Å²) >= 11 is 4.67. The Bertz CT molecular complexity index is 768. The zero-order valence-corrected chi connectivity index (χ0v) is 17.3. The lowest BCUT2D eigenvalue weighted by Crippen LogP contribution is -2.28. The van der Waals surface area contributed by atoms with Crippen molar-refractivity contribution in [1.82, 2.24) is 5.32 Å². The van der Waals surface area contributed by atoms with Crippen LogP contribution in [0.15, 0.2) is 48.5 Å². The van der Waals surface area contributed by atoms with Crippen LogP contribution in [0.4, 0.5) is 0 Å².